The van der Waals surface area contributed by atoms with E-state index in [0.29, 0.717) is 5.56 Å². The number of benzene rings is 1. The molecule has 1 aliphatic heterocycles. The van der Waals surface area contributed by atoms with Gasteiger partial charge in [-0.05, 0) is 18.6 Å². The largest absolute Gasteiger partial charge is 0.480 e. The number of nitro benzene ring substituents is 1. The lowest BCUT2D eigenvalue weighted by atomic mass is 9.89. The number of amides is 1. The number of nitro groups is 1. The highest BCUT2D eigenvalue weighted by Gasteiger charge is 2.41. The first-order chi connectivity index (χ1) is 10.3. The summed E-state index contributed by atoms with van der Waals surface area (Å²) in [5, 5.41) is 22.8. The van der Waals surface area contributed by atoms with Gasteiger partial charge in [-0.15, -0.1) is 0 Å². The molecule has 0 saturated carbocycles. The molecule has 1 aromatic carbocycles. The molecule has 2 rings (SSSR count). The van der Waals surface area contributed by atoms with Crippen molar-refractivity contribution in [3.63, 3.8) is 0 Å². The summed E-state index contributed by atoms with van der Waals surface area (Å²) in [7, 11) is 0. The van der Waals surface area contributed by atoms with E-state index in [0.717, 1.165) is 6.07 Å². The summed E-state index contributed by atoms with van der Waals surface area (Å²) in [6.07, 6.45) is 0.309. The number of rotatable bonds is 4. The summed E-state index contributed by atoms with van der Waals surface area (Å²) in [4.78, 5) is 34.1. The van der Waals surface area contributed by atoms with Gasteiger partial charge < -0.3 is 15.2 Å². The summed E-state index contributed by atoms with van der Waals surface area (Å²) in [6.45, 7) is 2.10. The minimum absolute atomic E-state index is 0.0683. The van der Waals surface area contributed by atoms with Gasteiger partial charge in [-0.3, -0.25) is 14.9 Å². The molecule has 0 aromatic heterocycles. The first-order valence-electron chi connectivity index (χ1n) is 6.74. The molecule has 0 atom stereocenters. The normalized spacial score (nSPS) is 16.8. The van der Waals surface area contributed by atoms with Crippen LogP contribution in [0.1, 0.15) is 28.8 Å². The Hall–Kier alpha value is -2.48. The molecular weight excluding hydrogens is 292 g/mol. The molecule has 1 aromatic rings. The average molecular weight is 308 g/mol. The zero-order valence-electron chi connectivity index (χ0n) is 12.0. The smallest absolute Gasteiger partial charge is 0.329 e. The topological polar surface area (TPSA) is 119 Å². The number of nitrogens with one attached hydrogen (secondary N) is 1. The summed E-state index contributed by atoms with van der Waals surface area (Å²) < 4.78 is 5.13. The molecule has 0 radical (unpaired) electrons. The number of non-ortho nitro benzene ring substituents is 1. The van der Waals surface area contributed by atoms with Crippen molar-refractivity contribution in [1.29, 1.82) is 0 Å². The third-order valence-corrected chi connectivity index (χ3v) is 3.64. The van der Waals surface area contributed by atoms with Crippen LogP contribution in [0.25, 0.3) is 0 Å². The quantitative estimate of drug-likeness (QED) is 0.638. The second-order valence-corrected chi connectivity index (χ2v) is 5.27. The van der Waals surface area contributed by atoms with Gasteiger partial charge in [0.05, 0.1) is 4.92 Å². The molecule has 2 N–H and O–H groups in total. The van der Waals surface area contributed by atoms with E-state index in [4.69, 9.17) is 4.74 Å². The Bertz CT molecular complexity index is 622. The highest BCUT2D eigenvalue weighted by Crippen LogP contribution is 2.23. The van der Waals surface area contributed by atoms with Crippen LogP contribution in [0, 0.1) is 17.0 Å². The predicted octanol–water partition coefficient (Wildman–Crippen LogP) is 1.27. The van der Waals surface area contributed by atoms with Crippen molar-refractivity contribution in [3.05, 3.63) is 39.4 Å². The lowest BCUT2D eigenvalue weighted by Gasteiger charge is -2.33. The van der Waals surface area contributed by atoms with Crippen LogP contribution in [0.2, 0.25) is 0 Å². The maximum absolute atomic E-state index is 12.3. The molecule has 0 spiro atoms. The monoisotopic (exact) mass is 308 g/mol. The van der Waals surface area contributed by atoms with Gasteiger partial charge in [-0.25, -0.2) is 4.79 Å². The zero-order chi connectivity index (χ0) is 16.3. The Labute approximate surface area is 126 Å². The molecule has 1 heterocycles. The molecule has 1 fully saturated rings. The average Bonchev–Trinajstić information content (AvgIpc) is 2.47. The maximum atomic E-state index is 12.3. The van der Waals surface area contributed by atoms with Crippen molar-refractivity contribution in [3.8, 4) is 0 Å². The second kappa shape index (κ2) is 6.10. The summed E-state index contributed by atoms with van der Waals surface area (Å²) in [6, 6.07) is 3.96. The van der Waals surface area contributed by atoms with Crippen molar-refractivity contribution >= 4 is 17.6 Å². The van der Waals surface area contributed by atoms with Gasteiger partial charge in [-0.2, -0.15) is 0 Å². The van der Waals surface area contributed by atoms with E-state index < -0.39 is 22.3 Å². The highest BCUT2D eigenvalue weighted by molar-refractivity contribution is 5.98. The maximum Gasteiger partial charge on any atom is 0.329 e. The minimum atomic E-state index is -1.39. The van der Waals surface area contributed by atoms with Crippen LogP contribution in [0.4, 0.5) is 5.69 Å². The third-order valence-electron chi connectivity index (χ3n) is 3.64. The molecule has 0 bridgehead atoms. The standard InChI is InChI=1S/C14H16N2O6/c1-9-6-10(8-11(7-9)16(20)21)12(17)15-14(13(18)19)2-4-22-5-3-14/h6-8H,2-5H2,1H3,(H,15,17)(H,18,19). The Morgan fingerprint density at radius 2 is 1.95 bits per heavy atom. The lowest BCUT2D eigenvalue weighted by molar-refractivity contribution is -0.384. The van der Waals surface area contributed by atoms with Crippen molar-refractivity contribution in [2.24, 2.45) is 0 Å². The number of hydrogen-bond acceptors (Lipinski definition) is 5. The number of carboxylic acids is 1. The molecule has 0 unspecified atom stereocenters. The summed E-state index contributed by atoms with van der Waals surface area (Å²) >= 11 is 0. The van der Waals surface area contributed by atoms with E-state index in [1.807, 2.05) is 0 Å². The number of hydrogen-bond donors (Lipinski definition) is 2. The van der Waals surface area contributed by atoms with Gasteiger partial charge in [0.2, 0.25) is 0 Å². The first kappa shape index (κ1) is 15.9. The number of carbonyl (C=O) groups is 2. The van der Waals surface area contributed by atoms with Crippen LogP contribution in [-0.4, -0.2) is 40.7 Å². The molecule has 1 saturated heterocycles. The number of nitrogens with zero attached hydrogens (tertiary/aromatic N) is 1. The number of carbonyl (C=O) groups excluding carboxylic acids is 1. The van der Waals surface area contributed by atoms with Crippen LogP contribution >= 0.6 is 0 Å². The van der Waals surface area contributed by atoms with Gasteiger partial charge in [0.25, 0.3) is 11.6 Å². The van der Waals surface area contributed by atoms with Gasteiger partial charge in [-0.1, -0.05) is 0 Å². The SMILES string of the molecule is Cc1cc(C(=O)NC2(C(=O)O)CCOCC2)cc([N+](=O)[O-])c1. The number of ether oxygens (including phenoxy) is 1. The second-order valence-electron chi connectivity index (χ2n) is 5.27. The fourth-order valence-corrected chi connectivity index (χ4v) is 2.40. The summed E-state index contributed by atoms with van der Waals surface area (Å²) in [5.41, 5.74) is -0.982. The van der Waals surface area contributed by atoms with E-state index in [2.05, 4.69) is 5.32 Å². The Morgan fingerprint density at radius 3 is 2.50 bits per heavy atom. The molecule has 118 valence electrons. The van der Waals surface area contributed by atoms with Gasteiger partial charge in [0.15, 0.2) is 0 Å². The van der Waals surface area contributed by atoms with E-state index in [1.54, 1.807) is 6.92 Å². The molecule has 0 aliphatic carbocycles. The molecule has 1 aliphatic rings. The zero-order valence-corrected chi connectivity index (χ0v) is 12.0. The number of aliphatic carboxylic acids is 1. The van der Waals surface area contributed by atoms with Crippen molar-refractivity contribution < 1.29 is 24.4 Å². The van der Waals surface area contributed by atoms with Crippen LogP contribution in [0.15, 0.2) is 18.2 Å². The van der Waals surface area contributed by atoms with Crippen LogP contribution in [-0.2, 0) is 9.53 Å². The van der Waals surface area contributed by atoms with Gasteiger partial charge >= 0.3 is 5.97 Å². The lowest BCUT2D eigenvalue weighted by Crippen LogP contribution is -2.57. The highest BCUT2D eigenvalue weighted by atomic mass is 16.6. The van der Waals surface area contributed by atoms with Crippen molar-refractivity contribution in [2.45, 2.75) is 25.3 Å². The van der Waals surface area contributed by atoms with Crippen molar-refractivity contribution in [2.75, 3.05) is 13.2 Å². The number of carboxylic acid groups (broad SMARTS) is 1. The predicted molar refractivity (Wildman–Crippen MR) is 75.7 cm³/mol. The van der Waals surface area contributed by atoms with E-state index in [9.17, 15) is 24.8 Å². The van der Waals surface area contributed by atoms with E-state index in [1.165, 1.54) is 12.1 Å². The van der Waals surface area contributed by atoms with E-state index >= 15 is 0 Å². The van der Waals surface area contributed by atoms with Crippen LogP contribution in [0.3, 0.4) is 0 Å². The Morgan fingerprint density at radius 1 is 1.32 bits per heavy atom. The third kappa shape index (κ3) is 3.22. The van der Waals surface area contributed by atoms with Crippen molar-refractivity contribution in [1.82, 2.24) is 5.32 Å². The first-order valence-corrected chi connectivity index (χ1v) is 6.74. The Kier molecular flexibility index (Phi) is 4.41. The van der Waals surface area contributed by atoms with Crippen LogP contribution in [0.5, 0.6) is 0 Å². The molecule has 22 heavy (non-hydrogen) atoms. The Balaban J connectivity index is 2.27. The van der Waals surface area contributed by atoms with Crippen LogP contribution < -0.4 is 5.32 Å². The molecular formula is C14H16N2O6. The fourth-order valence-electron chi connectivity index (χ4n) is 2.40. The minimum Gasteiger partial charge on any atom is -0.480 e. The number of aryl methyl sites for hydroxylation is 1. The molecule has 8 nitrogen and oxygen atoms in total. The van der Waals surface area contributed by atoms with Gasteiger partial charge in [0, 0.05) is 43.8 Å². The van der Waals surface area contributed by atoms with Gasteiger partial charge in [0.1, 0.15) is 5.54 Å². The molecule has 1 amide bonds. The molecule has 8 heteroatoms. The fraction of sp³-hybridized carbons (Fsp3) is 0.429. The van der Waals surface area contributed by atoms with E-state index in [-0.39, 0.29) is 37.3 Å². The summed E-state index contributed by atoms with van der Waals surface area (Å²) in [5.74, 6) is -1.78.